The van der Waals surface area contributed by atoms with E-state index in [2.05, 4.69) is 24.1 Å². The Balaban J connectivity index is 1.70. The maximum Gasteiger partial charge on any atom is 0.225 e. The zero-order chi connectivity index (χ0) is 13.0. The normalized spacial score (nSPS) is 23.1. The van der Waals surface area contributed by atoms with E-state index in [0.717, 1.165) is 38.8 Å². The third-order valence-corrected chi connectivity index (χ3v) is 4.33. The van der Waals surface area contributed by atoms with Gasteiger partial charge < -0.3 is 10.2 Å². The lowest BCUT2D eigenvalue weighted by molar-refractivity contribution is -0.133. The summed E-state index contributed by atoms with van der Waals surface area (Å²) in [7, 11) is 0. The largest absolute Gasteiger partial charge is 0.342 e. The smallest absolute Gasteiger partial charge is 0.225 e. The van der Waals surface area contributed by atoms with Gasteiger partial charge in [-0.05, 0) is 38.5 Å². The Morgan fingerprint density at radius 2 is 1.89 bits per heavy atom. The molecule has 1 saturated carbocycles. The van der Waals surface area contributed by atoms with Crippen molar-refractivity contribution >= 4 is 5.91 Å². The first kappa shape index (κ1) is 13.9. The van der Waals surface area contributed by atoms with Crippen molar-refractivity contribution in [3.05, 3.63) is 0 Å². The van der Waals surface area contributed by atoms with Crippen molar-refractivity contribution in [1.82, 2.24) is 10.2 Å². The standard InChI is InChI=1S/C15H28N2O/c1-3-5-13(4-2)16-14-8-10-17(11-9-14)15(18)12-6-7-12/h12-14,16H,3-11H2,1-2H3. The fourth-order valence-corrected chi connectivity index (χ4v) is 2.94. The van der Waals surface area contributed by atoms with Crippen LogP contribution in [0.1, 0.15) is 58.8 Å². The molecule has 1 amide bonds. The van der Waals surface area contributed by atoms with Crippen LogP contribution in [0.15, 0.2) is 0 Å². The highest BCUT2D eigenvalue weighted by Gasteiger charge is 2.34. The highest BCUT2D eigenvalue weighted by atomic mass is 16.2. The van der Waals surface area contributed by atoms with Crippen molar-refractivity contribution in [3.63, 3.8) is 0 Å². The molecule has 3 heteroatoms. The van der Waals surface area contributed by atoms with Crippen LogP contribution < -0.4 is 5.32 Å². The van der Waals surface area contributed by atoms with Gasteiger partial charge in [0.15, 0.2) is 0 Å². The van der Waals surface area contributed by atoms with Crippen LogP contribution in [0.2, 0.25) is 0 Å². The van der Waals surface area contributed by atoms with E-state index in [4.69, 9.17) is 0 Å². The van der Waals surface area contributed by atoms with Crippen LogP contribution in [0, 0.1) is 5.92 Å². The molecule has 104 valence electrons. The molecule has 2 fully saturated rings. The lowest BCUT2D eigenvalue weighted by Gasteiger charge is -2.34. The molecule has 0 aromatic carbocycles. The van der Waals surface area contributed by atoms with Crippen LogP contribution in [-0.2, 0) is 4.79 Å². The molecule has 1 aliphatic carbocycles. The second-order valence-corrected chi connectivity index (χ2v) is 5.93. The second kappa shape index (κ2) is 6.55. The summed E-state index contributed by atoms with van der Waals surface area (Å²) in [6, 6.07) is 1.30. The van der Waals surface area contributed by atoms with Crippen molar-refractivity contribution in [1.29, 1.82) is 0 Å². The van der Waals surface area contributed by atoms with E-state index < -0.39 is 0 Å². The lowest BCUT2D eigenvalue weighted by atomic mass is 10.0. The summed E-state index contributed by atoms with van der Waals surface area (Å²) in [6.07, 6.45) is 8.28. The van der Waals surface area contributed by atoms with Gasteiger partial charge in [0.05, 0.1) is 0 Å². The zero-order valence-electron chi connectivity index (χ0n) is 12.0. The van der Waals surface area contributed by atoms with Crippen LogP contribution in [0.25, 0.3) is 0 Å². The van der Waals surface area contributed by atoms with Crippen LogP contribution in [0.5, 0.6) is 0 Å². The minimum atomic E-state index is 0.387. The second-order valence-electron chi connectivity index (χ2n) is 5.93. The summed E-state index contributed by atoms with van der Waals surface area (Å²) in [5.41, 5.74) is 0. The van der Waals surface area contributed by atoms with E-state index in [0.29, 0.717) is 23.9 Å². The van der Waals surface area contributed by atoms with Gasteiger partial charge in [-0.15, -0.1) is 0 Å². The molecule has 1 unspecified atom stereocenters. The Morgan fingerprint density at radius 3 is 2.39 bits per heavy atom. The average Bonchev–Trinajstić information content (AvgIpc) is 3.22. The molecule has 2 aliphatic rings. The zero-order valence-corrected chi connectivity index (χ0v) is 12.0. The van der Waals surface area contributed by atoms with Crippen LogP contribution in [0.4, 0.5) is 0 Å². The van der Waals surface area contributed by atoms with E-state index in [9.17, 15) is 4.79 Å². The van der Waals surface area contributed by atoms with Crippen LogP contribution in [0.3, 0.4) is 0 Å². The Labute approximate surface area is 111 Å². The molecule has 18 heavy (non-hydrogen) atoms. The van der Waals surface area contributed by atoms with E-state index >= 15 is 0 Å². The minimum absolute atomic E-state index is 0.387. The average molecular weight is 252 g/mol. The number of likely N-dealkylation sites (tertiary alicyclic amines) is 1. The number of nitrogens with one attached hydrogen (secondary N) is 1. The topological polar surface area (TPSA) is 32.3 Å². The molecule has 0 bridgehead atoms. The third-order valence-electron chi connectivity index (χ3n) is 4.33. The van der Waals surface area contributed by atoms with Crippen molar-refractivity contribution < 1.29 is 4.79 Å². The van der Waals surface area contributed by atoms with Gasteiger partial charge in [-0.1, -0.05) is 20.3 Å². The fourth-order valence-electron chi connectivity index (χ4n) is 2.94. The lowest BCUT2D eigenvalue weighted by Crippen LogP contribution is -2.48. The molecule has 1 heterocycles. The molecule has 0 spiro atoms. The maximum absolute atomic E-state index is 12.0. The summed E-state index contributed by atoms with van der Waals surface area (Å²) < 4.78 is 0. The van der Waals surface area contributed by atoms with Gasteiger partial charge in [0.25, 0.3) is 0 Å². The predicted molar refractivity (Wildman–Crippen MR) is 74.4 cm³/mol. The van der Waals surface area contributed by atoms with E-state index in [1.165, 1.54) is 19.3 Å². The van der Waals surface area contributed by atoms with E-state index in [1.54, 1.807) is 0 Å². The number of nitrogens with zero attached hydrogens (tertiary/aromatic N) is 1. The van der Waals surface area contributed by atoms with Gasteiger partial charge in [0, 0.05) is 31.1 Å². The summed E-state index contributed by atoms with van der Waals surface area (Å²) in [5.74, 6) is 0.812. The molecule has 1 atom stereocenters. The first-order chi connectivity index (χ1) is 8.74. The molecule has 1 N–H and O–H groups in total. The molecule has 2 rings (SSSR count). The Bertz CT molecular complexity index is 268. The third kappa shape index (κ3) is 3.71. The van der Waals surface area contributed by atoms with Crippen molar-refractivity contribution in [2.75, 3.05) is 13.1 Å². The van der Waals surface area contributed by atoms with Crippen molar-refractivity contribution in [2.24, 2.45) is 5.92 Å². The Kier molecular flexibility index (Phi) is 5.04. The first-order valence-corrected chi connectivity index (χ1v) is 7.79. The monoisotopic (exact) mass is 252 g/mol. The summed E-state index contributed by atoms with van der Waals surface area (Å²) >= 11 is 0. The minimum Gasteiger partial charge on any atom is -0.342 e. The van der Waals surface area contributed by atoms with Crippen LogP contribution in [-0.4, -0.2) is 36.0 Å². The SMILES string of the molecule is CCCC(CC)NC1CCN(C(=O)C2CC2)CC1. The van der Waals surface area contributed by atoms with Crippen molar-refractivity contribution in [3.8, 4) is 0 Å². The Morgan fingerprint density at radius 1 is 1.22 bits per heavy atom. The van der Waals surface area contributed by atoms with Gasteiger partial charge in [0.1, 0.15) is 0 Å². The maximum atomic E-state index is 12.0. The molecular formula is C15H28N2O. The molecule has 1 aliphatic heterocycles. The van der Waals surface area contributed by atoms with Crippen molar-refractivity contribution in [2.45, 2.75) is 70.9 Å². The van der Waals surface area contributed by atoms with Gasteiger partial charge >= 0.3 is 0 Å². The molecule has 0 aromatic rings. The van der Waals surface area contributed by atoms with Gasteiger partial charge in [-0.2, -0.15) is 0 Å². The number of hydrogen-bond donors (Lipinski definition) is 1. The van der Waals surface area contributed by atoms with Gasteiger partial charge in [-0.25, -0.2) is 0 Å². The predicted octanol–water partition coefficient (Wildman–Crippen LogP) is 2.56. The number of carbonyl (C=O) groups excluding carboxylic acids is 1. The number of amides is 1. The van der Waals surface area contributed by atoms with Gasteiger partial charge in [0.2, 0.25) is 5.91 Å². The highest BCUT2D eigenvalue weighted by Crippen LogP contribution is 2.31. The summed E-state index contributed by atoms with van der Waals surface area (Å²) in [5, 5.41) is 3.77. The molecule has 1 saturated heterocycles. The fraction of sp³-hybridized carbons (Fsp3) is 0.933. The summed E-state index contributed by atoms with van der Waals surface area (Å²) in [4.78, 5) is 14.0. The van der Waals surface area contributed by atoms with Gasteiger partial charge in [-0.3, -0.25) is 4.79 Å². The number of rotatable bonds is 6. The van der Waals surface area contributed by atoms with E-state index in [1.807, 2.05) is 0 Å². The first-order valence-electron chi connectivity index (χ1n) is 7.79. The van der Waals surface area contributed by atoms with Crippen LogP contribution >= 0.6 is 0 Å². The van der Waals surface area contributed by atoms with E-state index in [-0.39, 0.29) is 0 Å². The Hall–Kier alpha value is -0.570. The molecule has 0 radical (unpaired) electrons. The summed E-state index contributed by atoms with van der Waals surface area (Å²) in [6.45, 7) is 6.45. The number of carbonyl (C=O) groups is 1. The molecular weight excluding hydrogens is 224 g/mol. The number of piperidine rings is 1. The molecule has 3 nitrogen and oxygen atoms in total. The quantitative estimate of drug-likeness (QED) is 0.788. The number of hydrogen-bond acceptors (Lipinski definition) is 2. The highest BCUT2D eigenvalue weighted by molar-refractivity contribution is 5.81. The molecule has 0 aromatic heterocycles.